The molecule has 2 heterocycles. The summed E-state index contributed by atoms with van der Waals surface area (Å²) >= 11 is 9.55. The third-order valence-corrected chi connectivity index (χ3v) is 8.07. The van der Waals surface area contributed by atoms with Crippen molar-refractivity contribution in [3.63, 3.8) is 0 Å². The standard InChI is InChI=1S/C11H13F2N2O12P3S2/c1-2-11(16)7(13)6(25-9(11)15-3-5(12)8(31)14-10(15)32)4-24-29(20,21)27-30(22,23)26-28(17,18)19/h1,3,6-7,9,16H,4H2,(H,20,21)(H,22,23)(H,14,31,32)(H2,17,18,19)/t6-,7?,9-,11-/m1/s1. The number of aromatic amines is 1. The number of terminal acetylenes is 1. The maximum absolute atomic E-state index is 14.8. The van der Waals surface area contributed by atoms with Gasteiger partial charge in [0.15, 0.2) is 23.0 Å². The smallest absolute Gasteiger partial charge is 0.371 e. The Morgan fingerprint density at radius 1 is 1.25 bits per heavy atom. The number of ether oxygens (including phenoxy) is 1. The molecule has 21 heteroatoms. The number of halogens is 2. The largest absolute Gasteiger partial charge is 0.490 e. The van der Waals surface area contributed by atoms with Gasteiger partial charge < -0.3 is 34.4 Å². The lowest BCUT2D eigenvalue weighted by molar-refractivity contribution is -0.0738. The number of nitrogens with one attached hydrogen (secondary N) is 1. The molecule has 0 aliphatic carbocycles. The van der Waals surface area contributed by atoms with Crippen molar-refractivity contribution >= 4 is 47.9 Å². The minimum Gasteiger partial charge on any atom is -0.371 e. The fourth-order valence-corrected chi connectivity index (χ4v) is 5.91. The number of rotatable bonds is 8. The number of aliphatic hydroxyl groups is 1. The molecule has 0 aromatic carbocycles. The van der Waals surface area contributed by atoms with Crippen LogP contribution in [0, 0.1) is 27.6 Å². The lowest BCUT2D eigenvalue weighted by atomic mass is 9.96. The van der Waals surface area contributed by atoms with Gasteiger partial charge in [-0.15, -0.1) is 6.42 Å². The van der Waals surface area contributed by atoms with E-state index in [4.69, 9.17) is 38.1 Å². The normalized spacial score (nSPS) is 29.8. The van der Waals surface area contributed by atoms with Crippen LogP contribution in [0.4, 0.5) is 8.78 Å². The molecule has 0 bridgehead atoms. The lowest BCUT2D eigenvalue weighted by Crippen LogP contribution is -2.43. The molecule has 180 valence electrons. The molecule has 1 saturated heterocycles. The van der Waals surface area contributed by atoms with Crippen molar-refractivity contribution in [2.24, 2.45) is 0 Å². The summed E-state index contributed by atoms with van der Waals surface area (Å²) in [7, 11) is -17.0. The van der Waals surface area contributed by atoms with Crippen molar-refractivity contribution in [2.75, 3.05) is 6.61 Å². The molecule has 1 aliphatic rings. The van der Waals surface area contributed by atoms with Gasteiger partial charge in [-0.1, -0.05) is 18.1 Å². The molecule has 1 aromatic rings. The Labute approximate surface area is 187 Å². The Kier molecular flexibility index (Phi) is 8.16. The van der Waals surface area contributed by atoms with E-state index in [1.807, 2.05) is 0 Å². The number of hydrogen-bond donors (Lipinski definition) is 6. The summed E-state index contributed by atoms with van der Waals surface area (Å²) < 4.78 is 78.7. The maximum atomic E-state index is 14.8. The number of nitrogens with zero attached hydrogens (tertiary/aromatic N) is 1. The molecular weight excluding hydrogens is 547 g/mol. The van der Waals surface area contributed by atoms with Crippen molar-refractivity contribution in [2.45, 2.75) is 24.1 Å². The molecule has 0 saturated carbocycles. The van der Waals surface area contributed by atoms with Crippen LogP contribution in [0.1, 0.15) is 6.23 Å². The summed E-state index contributed by atoms with van der Waals surface area (Å²) in [6, 6.07) is 0. The number of H-pyrrole nitrogens is 1. The molecule has 0 radical (unpaired) electrons. The molecule has 14 nitrogen and oxygen atoms in total. The average Bonchev–Trinajstić information content (AvgIpc) is 2.85. The van der Waals surface area contributed by atoms with Crippen LogP contribution in [-0.4, -0.2) is 58.7 Å². The Bertz CT molecular complexity index is 1200. The van der Waals surface area contributed by atoms with Crippen LogP contribution in [0.5, 0.6) is 0 Å². The van der Waals surface area contributed by atoms with Gasteiger partial charge in [0, 0.05) is 6.20 Å². The van der Waals surface area contributed by atoms with E-state index in [1.54, 1.807) is 5.92 Å². The van der Waals surface area contributed by atoms with Gasteiger partial charge in [0.1, 0.15) is 10.7 Å². The van der Waals surface area contributed by atoms with E-state index in [0.717, 1.165) is 0 Å². The Morgan fingerprint density at radius 3 is 2.38 bits per heavy atom. The molecule has 6 atom stereocenters. The molecule has 1 fully saturated rings. The van der Waals surface area contributed by atoms with Gasteiger partial charge in [-0.3, -0.25) is 9.09 Å². The van der Waals surface area contributed by atoms with Gasteiger partial charge in [-0.2, -0.15) is 8.62 Å². The second-order valence-electron chi connectivity index (χ2n) is 5.93. The van der Waals surface area contributed by atoms with Crippen molar-refractivity contribution in [3.05, 3.63) is 21.4 Å². The molecule has 2 rings (SSSR count). The Morgan fingerprint density at radius 2 is 1.84 bits per heavy atom. The first kappa shape index (κ1) is 27.5. The summed E-state index contributed by atoms with van der Waals surface area (Å²) in [5.74, 6) is 0.669. The lowest BCUT2D eigenvalue weighted by Gasteiger charge is -2.26. The Balaban J connectivity index is 2.23. The molecule has 32 heavy (non-hydrogen) atoms. The van der Waals surface area contributed by atoms with E-state index in [1.165, 1.54) is 0 Å². The van der Waals surface area contributed by atoms with Crippen molar-refractivity contribution in [1.29, 1.82) is 0 Å². The quantitative estimate of drug-likeness (QED) is 0.151. The number of aromatic nitrogens is 2. The van der Waals surface area contributed by atoms with Gasteiger partial charge in [0.2, 0.25) is 5.60 Å². The fourth-order valence-electron chi connectivity index (χ4n) is 2.42. The molecule has 6 N–H and O–H groups in total. The predicted molar refractivity (Wildman–Crippen MR) is 103 cm³/mol. The highest BCUT2D eigenvalue weighted by Gasteiger charge is 2.57. The molecule has 0 amide bonds. The van der Waals surface area contributed by atoms with Crippen LogP contribution in [0.15, 0.2) is 6.20 Å². The summed E-state index contributed by atoms with van der Waals surface area (Å²) in [5.41, 5.74) is -2.80. The predicted octanol–water partition coefficient (Wildman–Crippen LogP) is 1.36. The molecular formula is C11H13F2N2O12P3S2. The zero-order chi connectivity index (χ0) is 24.7. The van der Waals surface area contributed by atoms with Gasteiger partial charge in [0.05, 0.1) is 6.61 Å². The van der Waals surface area contributed by atoms with E-state index >= 15 is 0 Å². The first-order valence-electron chi connectivity index (χ1n) is 7.70. The average molecular weight is 560 g/mol. The van der Waals surface area contributed by atoms with Crippen LogP contribution < -0.4 is 0 Å². The van der Waals surface area contributed by atoms with Crippen molar-refractivity contribution in [3.8, 4) is 12.3 Å². The van der Waals surface area contributed by atoms with E-state index in [0.29, 0.717) is 10.8 Å². The van der Waals surface area contributed by atoms with Gasteiger partial charge in [0.25, 0.3) is 0 Å². The molecule has 0 spiro atoms. The third-order valence-electron chi connectivity index (χ3n) is 3.65. The van der Waals surface area contributed by atoms with E-state index in [-0.39, 0.29) is 4.77 Å². The molecule has 1 aromatic heterocycles. The highest BCUT2D eigenvalue weighted by molar-refractivity contribution is 7.72. The monoisotopic (exact) mass is 560 g/mol. The fraction of sp³-hybridized carbons (Fsp3) is 0.455. The summed E-state index contributed by atoms with van der Waals surface area (Å²) in [6.07, 6.45) is -0.545. The van der Waals surface area contributed by atoms with Crippen LogP contribution >= 0.6 is 47.9 Å². The Hall–Kier alpha value is -0.730. The van der Waals surface area contributed by atoms with Crippen molar-refractivity contribution < 1.29 is 65.0 Å². The van der Waals surface area contributed by atoms with Gasteiger partial charge in [-0.05, 0) is 12.2 Å². The van der Waals surface area contributed by atoms with Crippen LogP contribution in [0.2, 0.25) is 0 Å². The number of hydrogen-bond acceptors (Lipinski definition) is 10. The van der Waals surface area contributed by atoms with Crippen LogP contribution in [0.3, 0.4) is 0 Å². The highest BCUT2D eigenvalue weighted by atomic mass is 32.1. The van der Waals surface area contributed by atoms with E-state index < -0.39 is 64.6 Å². The first-order valence-corrected chi connectivity index (χ1v) is 13.0. The summed E-state index contributed by atoms with van der Waals surface area (Å²) in [5, 5.41) is 10.5. The van der Waals surface area contributed by atoms with Crippen LogP contribution in [-0.2, 0) is 31.6 Å². The number of phosphoric ester groups is 1. The first-order chi connectivity index (χ1) is 14.4. The second kappa shape index (κ2) is 9.49. The van der Waals surface area contributed by atoms with Crippen molar-refractivity contribution in [1.82, 2.24) is 9.55 Å². The summed E-state index contributed by atoms with van der Waals surface area (Å²) in [4.78, 5) is 37.7. The number of phosphoric acid groups is 3. The topological polar surface area (TPSA) is 210 Å². The maximum Gasteiger partial charge on any atom is 0.490 e. The minimum atomic E-state index is -5.81. The van der Waals surface area contributed by atoms with Gasteiger partial charge >= 0.3 is 23.5 Å². The van der Waals surface area contributed by atoms with E-state index in [9.17, 15) is 32.5 Å². The zero-order valence-electron chi connectivity index (χ0n) is 15.0. The molecule has 1 aliphatic heterocycles. The minimum absolute atomic E-state index is 0.337. The summed E-state index contributed by atoms with van der Waals surface area (Å²) in [6.45, 7) is -1.26. The second-order valence-corrected chi connectivity index (χ2v) is 11.1. The highest BCUT2D eigenvalue weighted by Crippen LogP contribution is 2.66. The SMILES string of the molecule is C#C[C@@]1(O)C(F)[C@@H](COP(=O)(O)OP(=O)(O)OP(=O)(O)O)O[C@H]1n1cc(F)c(=S)[nH]c1=S. The van der Waals surface area contributed by atoms with E-state index in [2.05, 4.69) is 30.3 Å². The number of alkyl halides is 1. The molecule has 3 unspecified atom stereocenters. The van der Waals surface area contributed by atoms with Gasteiger partial charge in [-0.25, -0.2) is 22.5 Å². The zero-order valence-corrected chi connectivity index (χ0v) is 19.4. The van der Waals surface area contributed by atoms with Crippen LogP contribution in [0.25, 0.3) is 0 Å². The third kappa shape index (κ3) is 6.44.